The third kappa shape index (κ3) is 2.90. The van der Waals surface area contributed by atoms with E-state index in [-0.39, 0.29) is 18.4 Å². The van der Waals surface area contributed by atoms with Gasteiger partial charge in [-0.1, -0.05) is 19.0 Å². The van der Waals surface area contributed by atoms with Crippen molar-refractivity contribution >= 4 is 21.8 Å². The topological polar surface area (TPSA) is 87.9 Å². The van der Waals surface area contributed by atoms with E-state index < -0.39 is 0 Å². The van der Waals surface area contributed by atoms with E-state index in [2.05, 4.69) is 36.3 Å². The minimum Gasteiger partial charge on any atom is -0.340 e. The third-order valence-electron chi connectivity index (χ3n) is 2.81. The van der Waals surface area contributed by atoms with Crippen molar-refractivity contribution in [3.8, 4) is 0 Å². The molecule has 2 aromatic heterocycles. The quantitative estimate of drug-likeness (QED) is 0.921. The zero-order valence-electron chi connectivity index (χ0n) is 11.8. The van der Waals surface area contributed by atoms with Crippen LogP contribution in [0.15, 0.2) is 9.00 Å². The molecule has 0 fully saturated rings. The number of aromatic nitrogens is 4. The van der Waals surface area contributed by atoms with E-state index in [0.717, 1.165) is 5.69 Å². The molecule has 0 saturated heterocycles. The number of aryl methyl sites for hydroxylation is 1. The predicted octanol–water partition coefficient (Wildman–Crippen LogP) is 2.26. The molecule has 7 nitrogen and oxygen atoms in total. The van der Waals surface area contributed by atoms with E-state index >= 15 is 0 Å². The van der Waals surface area contributed by atoms with E-state index in [0.29, 0.717) is 21.9 Å². The molecule has 0 atom stereocenters. The molecule has 0 unspecified atom stereocenters. The van der Waals surface area contributed by atoms with Gasteiger partial charge in [0.15, 0.2) is 11.5 Å². The lowest BCUT2D eigenvalue weighted by Gasteiger charge is -2.13. The minimum atomic E-state index is -0.206. The molecule has 0 aromatic carbocycles. The number of hydrogen-bond donors (Lipinski definition) is 1. The summed E-state index contributed by atoms with van der Waals surface area (Å²) >= 11 is 3.42. The lowest BCUT2D eigenvalue weighted by Crippen LogP contribution is -2.27. The van der Waals surface area contributed by atoms with Crippen molar-refractivity contribution in [2.24, 2.45) is 0 Å². The van der Waals surface area contributed by atoms with Gasteiger partial charge >= 0.3 is 0 Å². The van der Waals surface area contributed by atoms with Gasteiger partial charge < -0.3 is 9.42 Å². The first-order valence-corrected chi connectivity index (χ1v) is 6.97. The van der Waals surface area contributed by atoms with Crippen LogP contribution in [-0.2, 0) is 6.54 Å². The number of carbonyl (C=O) groups excluding carboxylic acids is 1. The number of hydrogen-bond acceptors (Lipinski definition) is 5. The second-order valence-corrected chi connectivity index (χ2v) is 5.64. The maximum atomic E-state index is 12.3. The Morgan fingerprint density at radius 2 is 2.20 bits per heavy atom. The summed E-state index contributed by atoms with van der Waals surface area (Å²) in [7, 11) is 1.67. The van der Waals surface area contributed by atoms with Gasteiger partial charge in [0.05, 0.1) is 16.7 Å². The fourth-order valence-corrected chi connectivity index (χ4v) is 2.54. The van der Waals surface area contributed by atoms with Gasteiger partial charge in [-0.15, -0.1) is 0 Å². The molecule has 1 amide bonds. The summed E-state index contributed by atoms with van der Waals surface area (Å²) in [5.41, 5.74) is 1.26. The van der Waals surface area contributed by atoms with Crippen molar-refractivity contribution in [1.29, 1.82) is 0 Å². The Hall–Kier alpha value is -1.70. The van der Waals surface area contributed by atoms with Gasteiger partial charge in [-0.2, -0.15) is 10.1 Å². The summed E-state index contributed by atoms with van der Waals surface area (Å²) < 4.78 is 5.58. The smallest absolute Gasteiger partial charge is 0.275 e. The van der Waals surface area contributed by atoms with E-state index in [1.165, 1.54) is 4.90 Å². The van der Waals surface area contributed by atoms with Crippen molar-refractivity contribution in [2.75, 3.05) is 7.05 Å². The second kappa shape index (κ2) is 5.74. The fraction of sp³-hybridized carbons (Fsp3) is 0.500. The molecule has 0 aliphatic rings. The van der Waals surface area contributed by atoms with Gasteiger partial charge in [-0.05, 0) is 21.8 Å². The van der Waals surface area contributed by atoms with Crippen LogP contribution in [0.1, 0.15) is 47.7 Å². The molecule has 0 aliphatic carbocycles. The Morgan fingerprint density at radius 3 is 2.70 bits per heavy atom. The molecular formula is C12H16BrN5O2. The van der Waals surface area contributed by atoms with Crippen LogP contribution in [0, 0.1) is 6.92 Å². The van der Waals surface area contributed by atoms with Crippen LogP contribution in [0.5, 0.6) is 0 Å². The molecule has 0 radical (unpaired) electrons. The molecular weight excluding hydrogens is 326 g/mol. The largest absolute Gasteiger partial charge is 0.340 e. The van der Waals surface area contributed by atoms with E-state index in [1.54, 1.807) is 14.0 Å². The van der Waals surface area contributed by atoms with Crippen molar-refractivity contribution in [2.45, 2.75) is 33.2 Å². The Labute approximate surface area is 124 Å². The summed E-state index contributed by atoms with van der Waals surface area (Å²) in [6.07, 6.45) is 0. The Morgan fingerprint density at radius 1 is 1.50 bits per heavy atom. The molecule has 2 aromatic rings. The van der Waals surface area contributed by atoms with Gasteiger partial charge in [0.25, 0.3) is 5.91 Å². The normalized spacial score (nSPS) is 11.1. The number of nitrogens with zero attached hydrogens (tertiary/aromatic N) is 4. The maximum Gasteiger partial charge on any atom is 0.275 e. The molecule has 20 heavy (non-hydrogen) atoms. The SMILES string of the molecule is Cc1nc(CN(C)C(=O)c2n[nH]c(C(C)C)c2Br)no1. The Bertz CT molecular complexity index is 619. The number of carbonyl (C=O) groups is 1. The molecule has 0 spiro atoms. The first-order chi connectivity index (χ1) is 9.40. The van der Waals surface area contributed by atoms with Crippen molar-refractivity contribution in [3.63, 3.8) is 0 Å². The molecule has 2 heterocycles. The van der Waals surface area contributed by atoms with Gasteiger partial charge in [0, 0.05) is 14.0 Å². The highest BCUT2D eigenvalue weighted by Crippen LogP contribution is 2.26. The zero-order valence-corrected chi connectivity index (χ0v) is 13.4. The minimum absolute atomic E-state index is 0.206. The van der Waals surface area contributed by atoms with Crippen molar-refractivity contribution in [1.82, 2.24) is 25.2 Å². The zero-order chi connectivity index (χ0) is 14.9. The van der Waals surface area contributed by atoms with Crippen LogP contribution in [0.3, 0.4) is 0 Å². The van der Waals surface area contributed by atoms with Crippen LogP contribution >= 0.6 is 15.9 Å². The summed E-state index contributed by atoms with van der Waals surface area (Å²) in [4.78, 5) is 17.9. The van der Waals surface area contributed by atoms with Crippen LogP contribution in [0.2, 0.25) is 0 Å². The highest BCUT2D eigenvalue weighted by Gasteiger charge is 2.23. The van der Waals surface area contributed by atoms with Gasteiger partial charge in [-0.3, -0.25) is 9.89 Å². The Kier molecular flexibility index (Phi) is 4.22. The van der Waals surface area contributed by atoms with Crippen LogP contribution < -0.4 is 0 Å². The average molecular weight is 342 g/mol. The number of nitrogens with one attached hydrogen (secondary N) is 1. The van der Waals surface area contributed by atoms with Crippen LogP contribution in [-0.4, -0.2) is 38.2 Å². The number of rotatable bonds is 4. The lowest BCUT2D eigenvalue weighted by molar-refractivity contribution is 0.0774. The summed E-state index contributed by atoms with van der Waals surface area (Å²) in [5.74, 6) is 0.990. The third-order valence-corrected chi connectivity index (χ3v) is 3.61. The summed E-state index contributed by atoms with van der Waals surface area (Å²) in [6, 6.07) is 0. The van der Waals surface area contributed by atoms with Gasteiger partial charge in [0.1, 0.15) is 0 Å². The van der Waals surface area contributed by atoms with E-state index in [4.69, 9.17) is 4.52 Å². The molecule has 0 saturated carbocycles. The number of aromatic amines is 1. The number of halogens is 1. The fourth-order valence-electron chi connectivity index (χ4n) is 1.74. The highest BCUT2D eigenvalue weighted by atomic mass is 79.9. The maximum absolute atomic E-state index is 12.3. The van der Waals surface area contributed by atoms with E-state index in [1.807, 2.05) is 13.8 Å². The molecule has 8 heteroatoms. The van der Waals surface area contributed by atoms with Gasteiger partial charge in [-0.25, -0.2) is 0 Å². The molecule has 0 aliphatic heterocycles. The number of amides is 1. The standard InChI is InChI=1S/C12H16BrN5O2/c1-6(2)10-9(13)11(16-15-10)12(19)18(4)5-8-14-7(3)20-17-8/h6H,5H2,1-4H3,(H,15,16). The monoisotopic (exact) mass is 341 g/mol. The molecule has 0 bridgehead atoms. The van der Waals surface area contributed by atoms with Crippen molar-refractivity contribution < 1.29 is 9.32 Å². The summed E-state index contributed by atoms with van der Waals surface area (Å²) in [5, 5.41) is 10.7. The molecule has 2 rings (SSSR count). The number of H-pyrrole nitrogens is 1. The Balaban J connectivity index is 2.14. The van der Waals surface area contributed by atoms with E-state index in [9.17, 15) is 4.79 Å². The first kappa shape index (κ1) is 14.7. The molecule has 1 N–H and O–H groups in total. The van der Waals surface area contributed by atoms with Crippen molar-refractivity contribution in [3.05, 3.63) is 27.6 Å². The summed E-state index contributed by atoms with van der Waals surface area (Å²) in [6.45, 7) is 6.03. The van der Waals surface area contributed by atoms with Crippen LogP contribution in [0.25, 0.3) is 0 Å². The second-order valence-electron chi connectivity index (χ2n) is 4.85. The predicted molar refractivity (Wildman–Crippen MR) is 75.2 cm³/mol. The van der Waals surface area contributed by atoms with Crippen LogP contribution in [0.4, 0.5) is 0 Å². The average Bonchev–Trinajstić information content (AvgIpc) is 2.94. The lowest BCUT2D eigenvalue weighted by atomic mass is 10.1. The highest BCUT2D eigenvalue weighted by molar-refractivity contribution is 9.10. The first-order valence-electron chi connectivity index (χ1n) is 6.18. The van der Waals surface area contributed by atoms with Gasteiger partial charge in [0.2, 0.25) is 5.89 Å². The molecule has 108 valence electrons.